The summed E-state index contributed by atoms with van der Waals surface area (Å²) in [6.07, 6.45) is 1.89. The second kappa shape index (κ2) is 7.07. The minimum absolute atomic E-state index is 0.264. The Morgan fingerprint density at radius 3 is 2.90 bits per heavy atom. The maximum absolute atomic E-state index is 6.38. The molecule has 2 aromatic heterocycles. The predicted octanol–water partition coefficient (Wildman–Crippen LogP) is 4.10. The molecule has 0 fully saturated rings. The van der Waals surface area contributed by atoms with Gasteiger partial charge < -0.3 is 10.2 Å². The molecule has 0 aliphatic heterocycles. The lowest BCUT2D eigenvalue weighted by atomic mass is 10.2. The summed E-state index contributed by atoms with van der Waals surface area (Å²) >= 11 is 8.13. The highest BCUT2D eigenvalue weighted by atomic mass is 35.5. The zero-order valence-electron chi connectivity index (χ0n) is 12.1. The third kappa shape index (κ3) is 3.51. The zero-order chi connectivity index (χ0) is 14.5. The fraction of sp³-hybridized carbons (Fsp3) is 0.400. The van der Waals surface area contributed by atoms with E-state index in [-0.39, 0.29) is 6.04 Å². The van der Waals surface area contributed by atoms with Gasteiger partial charge >= 0.3 is 0 Å². The molecule has 20 heavy (non-hydrogen) atoms. The molecule has 1 N–H and O–H groups in total. The molecule has 0 saturated heterocycles. The van der Waals surface area contributed by atoms with Gasteiger partial charge in [0.15, 0.2) is 0 Å². The van der Waals surface area contributed by atoms with Gasteiger partial charge in [0.05, 0.1) is 11.1 Å². The van der Waals surface area contributed by atoms with Gasteiger partial charge in [-0.2, -0.15) is 0 Å². The fourth-order valence-electron chi connectivity index (χ4n) is 2.00. The van der Waals surface area contributed by atoms with Gasteiger partial charge in [-0.05, 0) is 36.5 Å². The van der Waals surface area contributed by atoms with Crippen LogP contribution in [0.3, 0.4) is 0 Å². The first-order valence-corrected chi connectivity index (χ1v) is 8.00. The van der Waals surface area contributed by atoms with Crippen molar-refractivity contribution in [2.45, 2.75) is 26.4 Å². The molecular formula is C15H20ClN3S. The first kappa shape index (κ1) is 15.3. The molecule has 0 saturated carbocycles. The smallest absolute Gasteiger partial charge is 0.147 e. The van der Waals surface area contributed by atoms with Crippen molar-refractivity contribution in [3.8, 4) is 0 Å². The van der Waals surface area contributed by atoms with Crippen molar-refractivity contribution in [1.82, 2.24) is 10.3 Å². The standard InChI is InChI=1S/C15H20ClN3S/c1-4-17-9-12-8-13(16)15(18-10-12)19(3)11(2)14-6-5-7-20-14/h5-8,10-11,17H,4,9H2,1-3H3. The Morgan fingerprint density at radius 2 is 2.30 bits per heavy atom. The largest absolute Gasteiger partial charge is 0.351 e. The van der Waals surface area contributed by atoms with Crippen LogP contribution in [0.25, 0.3) is 0 Å². The number of anilines is 1. The molecule has 108 valence electrons. The van der Waals surface area contributed by atoms with Crippen molar-refractivity contribution in [3.63, 3.8) is 0 Å². The third-order valence-electron chi connectivity index (χ3n) is 3.33. The first-order chi connectivity index (χ1) is 9.63. The maximum Gasteiger partial charge on any atom is 0.147 e. The number of hydrogen-bond donors (Lipinski definition) is 1. The van der Waals surface area contributed by atoms with Crippen LogP contribution in [-0.2, 0) is 6.54 Å². The molecule has 0 spiro atoms. The van der Waals surface area contributed by atoms with E-state index in [0.29, 0.717) is 5.02 Å². The van der Waals surface area contributed by atoms with Crippen LogP contribution >= 0.6 is 22.9 Å². The Morgan fingerprint density at radius 1 is 1.50 bits per heavy atom. The molecule has 2 rings (SSSR count). The molecule has 0 aromatic carbocycles. The maximum atomic E-state index is 6.38. The molecule has 5 heteroatoms. The number of pyridine rings is 1. The Balaban J connectivity index is 2.15. The average Bonchev–Trinajstić information content (AvgIpc) is 2.98. The molecule has 0 aliphatic rings. The summed E-state index contributed by atoms with van der Waals surface area (Å²) in [4.78, 5) is 7.94. The van der Waals surface area contributed by atoms with Crippen LogP contribution in [-0.4, -0.2) is 18.6 Å². The SMILES string of the molecule is CCNCc1cnc(N(C)C(C)c2cccs2)c(Cl)c1. The average molecular weight is 310 g/mol. The van der Waals surface area contributed by atoms with Crippen LogP contribution in [0, 0.1) is 0 Å². The summed E-state index contributed by atoms with van der Waals surface area (Å²) in [5.41, 5.74) is 1.11. The van der Waals surface area contributed by atoms with Crippen LogP contribution in [0.4, 0.5) is 5.82 Å². The number of aromatic nitrogens is 1. The summed E-state index contributed by atoms with van der Waals surface area (Å²) in [6, 6.07) is 6.46. The summed E-state index contributed by atoms with van der Waals surface area (Å²) in [5.74, 6) is 0.827. The van der Waals surface area contributed by atoms with Crippen LogP contribution in [0.2, 0.25) is 5.02 Å². The van der Waals surface area contributed by atoms with Crippen LogP contribution in [0.5, 0.6) is 0 Å². The van der Waals surface area contributed by atoms with E-state index in [4.69, 9.17) is 11.6 Å². The quantitative estimate of drug-likeness (QED) is 0.870. The van der Waals surface area contributed by atoms with E-state index in [1.165, 1.54) is 4.88 Å². The van der Waals surface area contributed by atoms with Crippen LogP contribution in [0.15, 0.2) is 29.8 Å². The van der Waals surface area contributed by atoms with E-state index >= 15 is 0 Å². The topological polar surface area (TPSA) is 28.2 Å². The van der Waals surface area contributed by atoms with Gasteiger partial charge in [-0.1, -0.05) is 24.6 Å². The molecule has 0 radical (unpaired) electrons. The van der Waals surface area contributed by atoms with E-state index in [1.807, 2.05) is 19.3 Å². The molecule has 0 bridgehead atoms. The molecule has 0 amide bonds. The van der Waals surface area contributed by atoms with E-state index in [9.17, 15) is 0 Å². The molecular weight excluding hydrogens is 290 g/mol. The van der Waals surface area contributed by atoms with E-state index in [1.54, 1.807) is 11.3 Å². The van der Waals surface area contributed by atoms with Crippen molar-refractivity contribution in [3.05, 3.63) is 45.2 Å². The van der Waals surface area contributed by atoms with Gasteiger partial charge in [0.2, 0.25) is 0 Å². The Labute approximate surface area is 129 Å². The van der Waals surface area contributed by atoms with Crippen molar-refractivity contribution >= 4 is 28.8 Å². The Kier molecular flexibility index (Phi) is 5.40. The minimum atomic E-state index is 0.264. The Bertz CT molecular complexity index is 542. The van der Waals surface area contributed by atoms with Gasteiger partial charge in [-0.3, -0.25) is 0 Å². The lowest BCUT2D eigenvalue weighted by molar-refractivity contribution is 0.719. The number of nitrogens with one attached hydrogen (secondary N) is 1. The van der Waals surface area contributed by atoms with Crippen molar-refractivity contribution in [1.29, 1.82) is 0 Å². The van der Waals surface area contributed by atoms with E-state index < -0.39 is 0 Å². The molecule has 2 aromatic rings. The number of rotatable bonds is 6. The number of hydrogen-bond acceptors (Lipinski definition) is 4. The van der Waals surface area contributed by atoms with Crippen molar-refractivity contribution in [2.75, 3.05) is 18.5 Å². The number of nitrogens with zero attached hydrogens (tertiary/aromatic N) is 2. The lowest BCUT2D eigenvalue weighted by Gasteiger charge is -2.26. The Hall–Kier alpha value is -1.10. The van der Waals surface area contributed by atoms with E-state index in [0.717, 1.165) is 24.5 Å². The number of thiophene rings is 1. The summed E-state index contributed by atoms with van der Waals surface area (Å²) in [7, 11) is 2.03. The van der Waals surface area contributed by atoms with Gasteiger partial charge in [0, 0.05) is 24.7 Å². The van der Waals surface area contributed by atoms with Crippen molar-refractivity contribution < 1.29 is 0 Å². The van der Waals surface area contributed by atoms with Gasteiger partial charge in [0.25, 0.3) is 0 Å². The summed E-state index contributed by atoms with van der Waals surface area (Å²) in [6.45, 7) is 5.98. The molecule has 3 nitrogen and oxygen atoms in total. The lowest BCUT2D eigenvalue weighted by Crippen LogP contribution is -2.22. The normalized spacial score (nSPS) is 12.4. The molecule has 1 atom stereocenters. The molecule has 1 unspecified atom stereocenters. The summed E-state index contributed by atoms with van der Waals surface area (Å²) in [5, 5.41) is 6.07. The second-order valence-corrected chi connectivity index (χ2v) is 6.12. The zero-order valence-corrected chi connectivity index (χ0v) is 13.6. The van der Waals surface area contributed by atoms with Crippen molar-refractivity contribution in [2.24, 2.45) is 0 Å². The fourth-order valence-corrected chi connectivity index (χ4v) is 3.15. The first-order valence-electron chi connectivity index (χ1n) is 6.74. The van der Waals surface area contributed by atoms with Gasteiger partial charge in [-0.15, -0.1) is 11.3 Å². The highest BCUT2D eigenvalue weighted by Gasteiger charge is 2.17. The predicted molar refractivity (Wildman–Crippen MR) is 87.8 cm³/mol. The highest BCUT2D eigenvalue weighted by Crippen LogP contribution is 2.31. The van der Waals surface area contributed by atoms with Gasteiger partial charge in [0.1, 0.15) is 5.82 Å². The van der Waals surface area contributed by atoms with Crippen LogP contribution in [0.1, 0.15) is 30.3 Å². The monoisotopic (exact) mass is 309 g/mol. The molecule has 2 heterocycles. The number of halogens is 1. The van der Waals surface area contributed by atoms with Crippen LogP contribution < -0.4 is 10.2 Å². The minimum Gasteiger partial charge on any atom is -0.351 e. The third-order valence-corrected chi connectivity index (χ3v) is 4.65. The molecule has 0 aliphatic carbocycles. The summed E-state index contributed by atoms with van der Waals surface area (Å²) < 4.78 is 0. The second-order valence-electron chi connectivity index (χ2n) is 4.73. The van der Waals surface area contributed by atoms with Gasteiger partial charge in [-0.25, -0.2) is 4.98 Å². The highest BCUT2D eigenvalue weighted by molar-refractivity contribution is 7.10. The van der Waals surface area contributed by atoms with E-state index in [2.05, 4.69) is 46.6 Å².